The number of amides is 1. The molecule has 0 heterocycles. The number of ether oxygens (including phenoxy) is 1. The van der Waals surface area contributed by atoms with Gasteiger partial charge in [-0.3, -0.25) is 4.79 Å². The first-order chi connectivity index (χ1) is 7.78. The molecule has 0 fully saturated rings. The molecule has 1 N–H and O–H groups in total. The van der Waals surface area contributed by atoms with E-state index in [9.17, 15) is 4.79 Å². The van der Waals surface area contributed by atoms with Gasteiger partial charge in [-0.05, 0) is 68.0 Å². The Morgan fingerprint density at radius 1 is 1.41 bits per heavy atom. The van der Waals surface area contributed by atoms with Crippen LogP contribution in [0.15, 0.2) is 18.2 Å². The monoisotopic (exact) mass is 347 g/mol. The van der Waals surface area contributed by atoms with Gasteiger partial charge >= 0.3 is 0 Å². The Balaban J connectivity index is 2.54. The topological polar surface area (TPSA) is 38.3 Å². The van der Waals surface area contributed by atoms with Crippen molar-refractivity contribution in [1.29, 1.82) is 0 Å². The first-order valence-corrected chi connectivity index (χ1v) is 6.56. The van der Waals surface area contributed by atoms with Gasteiger partial charge in [0.15, 0.2) is 0 Å². The van der Waals surface area contributed by atoms with Crippen molar-refractivity contribution in [3.8, 4) is 0 Å². The third-order valence-electron chi connectivity index (χ3n) is 2.09. The zero-order valence-corrected chi connectivity index (χ0v) is 12.8. The van der Waals surface area contributed by atoms with Crippen LogP contribution in [-0.4, -0.2) is 18.1 Å². The van der Waals surface area contributed by atoms with Gasteiger partial charge in [-0.15, -0.1) is 0 Å². The Morgan fingerprint density at radius 3 is 2.59 bits per heavy atom. The zero-order chi connectivity index (χ0) is 13.1. The van der Waals surface area contributed by atoms with Crippen molar-refractivity contribution in [1.82, 2.24) is 0 Å². The molecule has 0 bridgehead atoms. The van der Waals surface area contributed by atoms with Crippen LogP contribution in [0.4, 0.5) is 5.69 Å². The highest BCUT2D eigenvalue weighted by molar-refractivity contribution is 14.1. The van der Waals surface area contributed by atoms with Crippen LogP contribution >= 0.6 is 22.6 Å². The summed E-state index contributed by atoms with van der Waals surface area (Å²) in [6.45, 7) is 7.89. The predicted octanol–water partition coefficient (Wildman–Crippen LogP) is 3.35. The van der Waals surface area contributed by atoms with Crippen molar-refractivity contribution < 1.29 is 9.53 Å². The number of anilines is 1. The molecule has 0 aliphatic rings. The lowest BCUT2D eigenvalue weighted by molar-refractivity contribution is -0.125. The van der Waals surface area contributed by atoms with Crippen molar-refractivity contribution in [2.24, 2.45) is 0 Å². The molecule has 17 heavy (non-hydrogen) atoms. The fourth-order valence-electron chi connectivity index (χ4n) is 1.15. The molecule has 1 rings (SSSR count). The summed E-state index contributed by atoms with van der Waals surface area (Å²) in [7, 11) is 0. The van der Waals surface area contributed by atoms with E-state index in [0.29, 0.717) is 0 Å². The van der Waals surface area contributed by atoms with E-state index in [2.05, 4.69) is 27.9 Å². The van der Waals surface area contributed by atoms with E-state index in [1.54, 1.807) is 0 Å². The van der Waals surface area contributed by atoms with E-state index in [1.165, 1.54) is 5.56 Å². The molecule has 0 saturated carbocycles. The summed E-state index contributed by atoms with van der Waals surface area (Å²) in [5.74, 6) is -0.125. The van der Waals surface area contributed by atoms with Gasteiger partial charge in [0.05, 0.1) is 5.60 Å². The Hall–Kier alpha value is -0.620. The molecule has 0 saturated heterocycles. The first kappa shape index (κ1) is 14.4. The van der Waals surface area contributed by atoms with Crippen LogP contribution in [0.1, 0.15) is 26.3 Å². The number of rotatable bonds is 3. The number of benzene rings is 1. The molecule has 1 aromatic rings. The van der Waals surface area contributed by atoms with Gasteiger partial charge in [-0.1, -0.05) is 6.07 Å². The maximum absolute atomic E-state index is 11.6. The summed E-state index contributed by atoms with van der Waals surface area (Å²) in [5.41, 5.74) is 1.72. The lowest BCUT2D eigenvalue weighted by Gasteiger charge is -2.19. The maximum Gasteiger partial charge on any atom is 0.250 e. The minimum Gasteiger partial charge on any atom is -0.366 e. The van der Waals surface area contributed by atoms with E-state index < -0.39 is 0 Å². The highest BCUT2D eigenvalue weighted by Gasteiger charge is 2.13. The molecule has 4 heteroatoms. The molecule has 1 amide bonds. The fraction of sp³-hybridized carbons (Fsp3) is 0.462. The predicted molar refractivity (Wildman–Crippen MR) is 78.2 cm³/mol. The summed E-state index contributed by atoms with van der Waals surface area (Å²) < 4.78 is 6.54. The molecule has 1 aromatic carbocycles. The quantitative estimate of drug-likeness (QED) is 0.852. The number of nitrogens with one attached hydrogen (secondary N) is 1. The summed E-state index contributed by atoms with van der Waals surface area (Å²) in [5, 5.41) is 2.81. The number of hydrogen-bond donors (Lipinski definition) is 1. The number of aryl methyl sites for hydroxylation is 1. The van der Waals surface area contributed by atoms with Crippen LogP contribution < -0.4 is 5.32 Å². The van der Waals surface area contributed by atoms with Gasteiger partial charge in [-0.25, -0.2) is 0 Å². The SMILES string of the molecule is Cc1ccc(NC(=O)COC(C)(C)C)cc1I. The highest BCUT2D eigenvalue weighted by Crippen LogP contribution is 2.17. The fourth-order valence-corrected chi connectivity index (χ4v) is 1.67. The van der Waals surface area contributed by atoms with Gasteiger partial charge in [0.1, 0.15) is 6.61 Å². The second kappa shape index (κ2) is 5.82. The molecular formula is C13H18INO2. The molecule has 94 valence electrons. The van der Waals surface area contributed by atoms with Crippen LogP contribution in [0, 0.1) is 10.5 Å². The molecule has 0 atom stereocenters. The molecule has 0 radical (unpaired) electrons. The van der Waals surface area contributed by atoms with Gasteiger partial charge < -0.3 is 10.1 Å². The van der Waals surface area contributed by atoms with Crippen molar-refractivity contribution in [3.05, 3.63) is 27.3 Å². The van der Waals surface area contributed by atoms with Crippen LogP contribution in [0.2, 0.25) is 0 Å². The molecule has 0 aliphatic carbocycles. The molecule has 0 aliphatic heterocycles. The van der Waals surface area contributed by atoms with Gasteiger partial charge in [0.25, 0.3) is 0 Å². The first-order valence-electron chi connectivity index (χ1n) is 5.48. The standard InChI is InChI=1S/C13H18INO2/c1-9-5-6-10(7-11(9)14)15-12(16)8-17-13(2,3)4/h5-7H,8H2,1-4H3,(H,15,16). The van der Waals surface area contributed by atoms with Gasteiger partial charge in [-0.2, -0.15) is 0 Å². The Kier molecular flexibility index (Phi) is 4.94. The lowest BCUT2D eigenvalue weighted by Crippen LogP contribution is -2.27. The van der Waals surface area contributed by atoms with Crippen molar-refractivity contribution in [3.63, 3.8) is 0 Å². The second-order valence-corrected chi connectivity index (χ2v) is 6.08. The van der Waals surface area contributed by atoms with E-state index in [1.807, 2.05) is 45.9 Å². The number of carbonyl (C=O) groups is 1. The summed E-state index contributed by atoms with van der Waals surface area (Å²) in [6, 6.07) is 5.83. The Morgan fingerprint density at radius 2 is 2.06 bits per heavy atom. The minimum atomic E-state index is -0.293. The van der Waals surface area contributed by atoms with E-state index >= 15 is 0 Å². The summed E-state index contributed by atoms with van der Waals surface area (Å²) >= 11 is 2.25. The largest absolute Gasteiger partial charge is 0.366 e. The van der Waals surface area contributed by atoms with E-state index in [-0.39, 0.29) is 18.1 Å². The average Bonchev–Trinajstić information content (AvgIpc) is 2.20. The molecule has 3 nitrogen and oxygen atoms in total. The van der Waals surface area contributed by atoms with Crippen LogP contribution in [0.3, 0.4) is 0 Å². The number of hydrogen-bond acceptors (Lipinski definition) is 2. The lowest BCUT2D eigenvalue weighted by atomic mass is 10.2. The van der Waals surface area contributed by atoms with Crippen molar-refractivity contribution in [2.45, 2.75) is 33.3 Å². The van der Waals surface area contributed by atoms with E-state index in [0.717, 1.165) is 9.26 Å². The third kappa shape index (κ3) is 5.50. The van der Waals surface area contributed by atoms with Crippen LogP contribution in [0.25, 0.3) is 0 Å². The second-order valence-electron chi connectivity index (χ2n) is 4.91. The molecule has 0 aromatic heterocycles. The Bertz CT molecular complexity index is 410. The molecular weight excluding hydrogens is 329 g/mol. The molecule has 0 spiro atoms. The van der Waals surface area contributed by atoms with Crippen LogP contribution in [-0.2, 0) is 9.53 Å². The number of halogens is 1. The normalized spacial score (nSPS) is 11.4. The molecule has 0 unspecified atom stereocenters. The van der Waals surface area contributed by atoms with Crippen molar-refractivity contribution in [2.75, 3.05) is 11.9 Å². The smallest absolute Gasteiger partial charge is 0.250 e. The van der Waals surface area contributed by atoms with Crippen LogP contribution in [0.5, 0.6) is 0 Å². The zero-order valence-electron chi connectivity index (χ0n) is 10.6. The van der Waals surface area contributed by atoms with E-state index in [4.69, 9.17) is 4.74 Å². The summed E-state index contributed by atoms with van der Waals surface area (Å²) in [6.07, 6.45) is 0. The third-order valence-corrected chi connectivity index (χ3v) is 3.25. The summed E-state index contributed by atoms with van der Waals surface area (Å²) in [4.78, 5) is 11.6. The number of carbonyl (C=O) groups excluding carboxylic acids is 1. The minimum absolute atomic E-state index is 0.0773. The van der Waals surface area contributed by atoms with Gasteiger partial charge in [0, 0.05) is 9.26 Å². The van der Waals surface area contributed by atoms with Gasteiger partial charge in [0.2, 0.25) is 5.91 Å². The highest BCUT2D eigenvalue weighted by atomic mass is 127. The van der Waals surface area contributed by atoms with Crippen molar-refractivity contribution >= 4 is 34.2 Å². The Labute approximate surface area is 116 Å². The average molecular weight is 347 g/mol. The maximum atomic E-state index is 11.6.